The maximum atomic E-state index is 11.0. The minimum absolute atomic E-state index is 0.413. The third-order valence-corrected chi connectivity index (χ3v) is 4.06. The van der Waals surface area contributed by atoms with E-state index in [0.29, 0.717) is 11.3 Å². The number of nitrogens with two attached hydrogens (primary N) is 1. The van der Waals surface area contributed by atoms with Crippen LogP contribution in [0.25, 0.3) is 0 Å². The van der Waals surface area contributed by atoms with Crippen molar-refractivity contribution in [1.82, 2.24) is 0 Å². The van der Waals surface area contributed by atoms with E-state index in [0.717, 1.165) is 16.9 Å². The molecule has 3 nitrogen and oxygen atoms in total. The first-order valence-corrected chi connectivity index (χ1v) is 7.52. The van der Waals surface area contributed by atoms with Gasteiger partial charge in [0.25, 0.3) is 0 Å². The van der Waals surface area contributed by atoms with Crippen LogP contribution in [-0.4, -0.2) is 16.8 Å². The normalized spacial score (nSPS) is 12.1. The molecule has 0 heterocycles. The van der Waals surface area contributed by atoms with Crippen LogP contribution in [0.3, 0.4) is 0 Å². The van der Waals surface area contributed by atoms with Crippen molar-refractivity contribution >= 4 is 17.7 Å². The molecule has 0 aliphatic carbocycles. The summed E-state index contributed by atoms with van der Waals surface area (Å²) in [5.74, 6) is 1.02. The molecule has 0 aliphatic rings. The first kappa shape index (κ1) is 14.6. The molecule has 3 N–H and O–H groups in total. The molecule has 0 bridgehead atoms. The second kappa shape index (κ2) is 7.12. The number of amides is 1. The lowest BCUT2D eigenvalue weighted by atomic mass is 10.1. The topological polar surface area (TPSA) is 63.3 Å². The molecule has 0 aromatic heterocycles. The maximum Gasteiger partial charge on any atom is 0.248 e. The van der Waals surface area contributed by atoms with Crippen LogP contribution in [0.1, 0.15) is 27.6 Å². The molecule has 1 unspecified atom stereocenters. The van der Waals surface area contributed by atoms with Gasteiger partial charge in [0.15, 0.2) is 0 Å². The summed E-state index contributed by atoms with van der Waals surface area (Å²) in [7, 11) is 0. The fourth-order valence-corrected chi connectivity index (χ4v) is 2.79. The highest BCUT2D eigenvalue weighted by molar-refractivity contribution is 7.98. The van der Waals surface area contributed by atoms with Gasteiger partial charge < -0.3 is 10.8 Å². The third kappa shape index (κ3) is 4.11. The van der Waals surface area contributed by atoms with Crippen LogP contribution in [-0.2, 0) is 5.75 Å². The van der Waals surface area contributed by atoms with E-state index in [-0.39, 0.29) is 0 Å². The van der Waals surface area contributed by atoms with E-state index >= 15 is 0 Å². The van der Waals surface area contributed by atoms with Gasteiger partial charge in [-0.3, -0.25) is 4.79 Å². The average Bonchev–Trinajstić information content (AvgIpc) is 2.48. The molecule has 0 radical (unpaired) electrons. The van der Waals surface area contributed by atoms with Gasteiger partial charge in [-0.2, -0.15) is 11.8 Å². The summed E-state index contributed by atoms with van der Waals surface area (Å²) in [5.41, 5.74) is 7.75. The van der Waals surface area contributed by atoms with E-state index in [2.05, 4.69) is 0 Å². The van der Waals surface area contributed by atoms with Gasteiger partial charge in [-0.25, -0.2) is 0 Å². The van der Waals surface area contributed by atoms with Gasteiger partial charge in [-0.15, -0.1) is 0 Å². The lowest BCUT2D eigenvalue weighted by Gasteiger charge is -2.10. The molecule has 20 heavy (non-hydrogen) atoms. The van der Waals surface area contributed by atoms with Crippen LogP contribution in [0.5, 0.6) is 0 Å². The Morgan fingerprint density at radius 1 is 1.10 bits per heavy atom. The molecule has 0 fully saturated rings. The lowest BCUT2D eigenvalue weighted by Crippen LogP contribution is -2.10. The molecule has 0 spiro atoms. The maximum absolute atomic E-state index is 11.0. The monoisotopic (exact) mass is 287 g/mol. The summed E-state index contributed by atoms with van der Waals surface area (Å²) in [6, 6.07) is 16.9. The van der Waals surface area contributed by atoms with Crippen LogP contribution in [0.4, 0.5) is 0 Å². The van der Waals surface area contributed by atoms with Gasteiger partial charge in [-0.05, 0) is 23.3 Å². The Morgan fingerprint density at radius 2 is 1.75 bits per heavy atom. The van der Waals surface area contributed by atoms with E-state index in [1.807, 2.05) is 42.5 Å². The number of aliphatic hydroxyl groups is 1. The Hall–Kier alpha value is -1.78. The number of carbonyl (C=O) groups is 1. The summed E-state index contributed by atoms with van der Waals surface area (Å²) in [4.78, 5) is 11.0. The van der Waals surface area contributed by atoms with Gasteiger partial charge in [0, 0.05) is 17.1 Å². The molecule has 0 aliphatic heterocycles. The van der Waals surface area contributed by atoms with Crippen LogP contribution in [0, 0.1) is 0 Å². The zero-order chi connectivity index (χ0) is 14.4. The van der Waals surface area contributed by atoms with Crippen LogP contribution in [0.2, 0.25) is 0 Å². The number of carbonyl (C=O) groups excluding carboxylic acids is 1. The molecule has 1 amide bonds. The number of hydrogen-bond acceptors (Lipinski definition) is 3. The first-order chi connectivity index (χ1) is 9.66. The molecule has 0 saturated carbocycles. The largest absolute Gasteiger partial charge is 0.388 e. The summed E-state index contributed by atoms with van der Waals surface area (Å²) in [6.07, 6.45) is -0.453. The van der Waals surface area contributed by atoms with E-state index < -0.39 is 12.0 Å². The van der Waals surface area contributed by atoms with E-state index in [1.54, 1.807) is 23.9 Å². The average molecular weight is 287 g/mol. The van der Waals surface area contributed by atoms with Crippen LogP contribution < -0.4 is 5.73 Å². The van der Waals surface area contributed by atoms with E-state index in [1.165, 1.54) is 0 Å². The molecule has 4 heteroatoms. The highest BCUT2D eigenvalue weighted by Gasteiger charge is 2.07. The number of thioether (sulfide) groups is 1. The molecular weight excluding hydrogens is 270 g/mol. The second-order valence-corrected chi connectivity index (χ2v) is 5.53. The van der Waals surface area contributed by atoms with Gasteiger partial charge in [-0.1, -0.05) is 42.5 Å². The Morgan fingerprint density at radius 3 is 2.35 bits per heavy atom. The third-order valence-electron chi connectivity index (χ3n) is 2.97. The number of aliphatic hydroxyl groups excluding tert-OH is 1. The number of rotatable bonds is 6. The standard InChI is InChI=1S/C16H17NO2S/c17-16(19)14-8-6-12(7-9-14)10-20-11-15(18)13-4-2-1-3-5-13/h1-9,15,18H,10-11H2,(H2,17,19). The minimum Gasteiger partial charge on any atom is -0.388 e. The van der Waals surface area contributed by atoms with Crippen molar-refractivity contribution in [2.75, 3.05) is 5.75 Å². The fourth-order valence-electron chi connectivity index (χ4n) is 1.83. The number of primary amides is 1. The highest BCUT2D eigenvalue weighted by atomic mass is 32.2. The molecular formula is C16H17NO2S. The molecule has 1 atom stereocenters. The van der Waals surface area contributed by atoms with Crippen molar-refractivity contribution in [3.63, 3.8) is 0 Å². The Balaban J connectivity index is 1.82. The van der Waals surface area contributed by atoms with Crippen molar-refractivity contribution < 1.29 is 9.90 Å². The van der Waals surface area contributed by atoms with Crippen molar-refractivity contribution in [3.05, 3.63) is 71.3 Å². The zero-order valence-electron chi connectivity index (χ0n) is 11.0. The number of benzene rings is 2. The molecule has 2 aromatic rings. The van der Waals surface area contributed by atoms with Crippen LogP contribution in [0.15, 0.2) is 54.6 Å². The molecule has 2 aromatic carbocycles. The lowest BCUT2D eigenvalue weighted by molar-refractivity contribution is 0.100. The van der Waals surface area contributed by atoms with Crippen molar-refractivity contribution in [2.24, 2.45) is 5.73 Å². The van der Waals surface area contributed by atoms with Gasteiger partial charge in [0.2, 0.25) is 5.91 Å². The summed E-state index contributed by atoms with van der Waals surface area (Å²) in [5, 5.41) is 10.0. The quantitative estimate of drug-likeness (QED) is 0.858. The molecule has 0 saturated heterocycles. The summed E-state index contributed by atoms with van der Waals surface area (Å²) in [6.45, 7) is 0. The SMILES string of the molecule is NC(=O)c1ccc(CSCC(O)c2ccccc2)cc1. The Bertz CT molecular complexity index is 554. The summed E-state index contributed by atoms with van der Waals surface area (Å²) < 4.78 is 0. The first-order valence-electron chi connectivity index (χ1n) is 6.36. The zero-order valence-corrected chi connectivity index (χ0v) is 11.8. The predicted octanol–water partition coefficient (Wildman–Crippen LogP) is 2.75. The van der Waals surface area contributed by atoms with Crippen LogP contribution >= 0.6 is 11.8 Å². The van der Waals surface area contributed by atoms with Gasteiger partial charge in [0.05, 0.1) is 6.10 Å². The number of hydrogen-bond donors (Lipinski definition) is 2. The van der Waals surface area contributed by atoms with E-state index in [9.17, 15) is 9.90 Å². The predicted molar refractivity (Wildman–Crippen MR) is 82.5 cm³/mol. The Kier molecular flexibility index (Phi) is 5.21. The fraction of sp³-hybridized carbons (Fsp3) is 0.188. The van der Waals surface area contributed by atoms with Gasteiger partial charge >= 0.3 is 0 Å². The van der Waals surface area contributed by atoms with Crippen molar-refractivity contribution in [3.8, 4) is 0 Å². The minimum atomic E-state index is -0.453. The smallest absolute Gasteiger partial charge is 0.248 e. The Labute approximate surface area is 122 Å². The van der Waals surface area contributed by atoms with Crippen molar-refractivity contribution in [1.29, 1.82) is 0 Å². The van der Waals surface area contributed by atoms with Gasteiger partial charge in [0.1, 0.15) is 0 Å². The molecule has 2 rings (SSSR count). The van der Waals surface area contributed by atoms with Crippen molar-refractivity contribution in [2.45, 2.75) is 11.9 Å². The highest BCUT2D eigenvalue weighted by Crippen LogP contribution is 2.21. The summed E-state index contributed by atoms with van der Waals surface area (Å²) >= 11 is 1.66. The second-order valence-electron chi connectivity index (χ2n) is 4.50. The van der Waals surface area contributed by atoms with E-state index in [4.69, 9.17) is 5.73 Å². The molecule has 104 valence electrons.